The van der Waals surface area contributed by atoms with Crippen LogP contribution in [0.5, 0.6) is 0 Å². The van der Waals surface area contributed by atoms with Crippen LogP contribution in [-0.4, -0.2) is 18.0 Å². The highest BCUT2D eigenvalue weighted by Crippen LogP contribution is 2.22. The normalized spacial score (nSPS) is 25.1. The van der Waals surface area contributed by atoms with Crippen LogP contribution >= 0.6 is 0 Å². The van der Waals surface area contributed by atoms with Crippen molar-refractivity contribution in [1.29, 1.82) is 0 Å². The summed E-state index contributed by atoms with van der Waals surface area (Å²) in [5.41, 5.74) is 1.68. The summed E-state index contributed by atoms with van der Waals surface area (Å²) in [6, 6.07) is 0. The molecule has 0 amide bonds. The summed E-state index contributed by atoms with van der Waals surface area (Å²) in [7, 11) is 0. The van der Waals surface area contributed by atoms with Crippen LogP contribution in [0.1, 0.15) is 64.2 Å². The van der Waals surface area contributed by atoms with Crippen LogP contribution in [0.25, 0.3) is 0 Å². The van der Waals surface area contributed by atoms with Gasteiger partial charge in [0.05, 0.1) is 0 Å². The van der Waals surface area contributed by atoms with E-state index in [1.165, 1.54) is 77.3 Å². The predicted molar refractivity (Wildman–Crippen MR) is 65.8 cm³/mol. The van der Waals surface area contributed by atoms with E-state index in [0.29, 0.717) is 0 Å². The van der Waals surface area contributed by atoms with Gasteiger partial charge >= 0.3 is 0 Å². The summed E-state index contributed by atoms with van der Waals surface area (Å²) in [6.07, 6.45) is 16.7. The molecule has 0 aromatic carbocycles. The van der Waals surface area contributed by atoms with Crippen molar-refractivity contribution in [3.8, 4) is 0 Å². The number of hydrogen-bond donors (Lipinski definition) is 0. The maximum absolute atomic E-state index is 2.68. The number of nitrogens with zero attached hydrogens (tertiary/aromatic N) is 1. The predicted octanol–water partition coefficient (Wildman–Crippen LogP) is 4.10. The highest BCUT2D eigenvalue weighted by atomic mass is 15.1. The number of hydrogen-bond acceptors (Lipinski definition) is 1. The summed E-state index contributed by atoms with van der Waals surface area (Å²) in [5, 5.41) is 0. The molecular weight excluding hydrogens is 182 g/mol. The minimum absolute atomic E-state index is 1.33. The average molecular weight is 207 g/mol. The Hall–Kier alpha value is -0.460. The third-order valence-electron chi connectivity index (χ3n) is 3.78. The molecule has 1 heterocycles. The lowest BCUT2D eigenvalue weighted by molar-refractivity contribution is 0.337. The van der Waals surface area contributed by atoms with Crippen molar-refractivity contribution in [1.82, 2.24) is 4.90 Å². The van der Waals surface area contributed by atoms with Crippen molar-refractivity contribution in [2.75, 3.05) is 13.1 Å². The standard InChI is InChI=1S/C14H25N/c1-2-6-10-14(11-7-3-1)15-12-8-4-5-9-13-15/h10H,1-9,11-13H2. The fourth-order valence-electron chi connectivity index (χ4n) is 2.82. The fraction of sp³-hybridized carbons (Fsp3) is 0.857. The third kappa shape index (κ3) is 3.55. The first-order chi connectivity index (χ1) is 7.47. The maximum Gasteiger partial charge on any atom is 0.0174 e. The molecule has 0 unspecified atom stereocenters. The molecule has 0 bridgehead atoms. The van der Waals surface area contributed by atoms with Crippen molar-refractivity contribution < 1.29 is 0 Å². The SMILES string of the molecule is C1=C(N2CCCCCC2)CCCCCC1. The van der Waals surface area contributed by atoms with Gasteiger partial charge in [-0.15, -0.1) is 0 Å². The Morgan fingerprint density at radius 2 is 1.40 bits per heavy atom. The van der Waals surface area contributed by atoms with Crippen molar-refractivity contribution in [3.05, 3.63) is 11.8 Å². The van der Waals surface area contributed by atoms with E-state index >= 15 is 0 Å². The zero-order chi connectivity index (χ0) is 10.3. The molecule has 15 heavy (non-hydrogen) atoms. The Morgan fingerprint density at radius 3 is 2.20 bits per heavy atom. The van der Waals surface area contributed by atoms with Crippen LogP contribution in [-0.2, 0) is 0 Å². The fourth-order valence-corrected chi connectivity index (χ4v) is 2.82. The average Bonchev–Trinajstić information content (AvgIpc) is 2.45. The number of allylic oxidation sites excluding steroid dienone is 2. The van der Waals surface area contributed by atoms with E-state index in [-0.39, 0.29) is 0 Å². The van der Waals surface area contributed by atoms with E-state index in [1.807, 2.05) is 0 Å². The lowest BCUT2D eigenvalue weighted by Gasteiger charge is -2.27. The Morgan fingerprint density at radius 1 is 0.733 bits per heavy atom. The first kappa shape index (κ1) is 11.0. The van der Waals surface area contributed by atoms with Crippen LogP contribution in [0.15, 0.2) is 11.8 Å². The van der Waals surface area contributed by atoms with Crippen LogP contribution < -0.4 is 0 Å². The van der Waals surface area contributed by atoms with Gasteiger partial charge in [-0.2, -0.15) is 0 Å². The Balaban J connectivity index is 1.92. The zero-order valence-electron chi connectivity index (χ0n) is 10.0. The molecule has 0 N–H and O–H groups in total. The molecule has 0 atom stereocenters. The van der Waals surface area contributed by atoms with Crippen molar-refractivity contribution in [3.63, 3.8) is 0 Å². The molecule has 1 heteroatoms. The van der Waals surface area contributed by atoms with Gasteiger partial charge in [0.1, 0.15) is 0 Å². The summed E-state index contributed by atoms with van der Waals surface area (Å²) < 4.78 is 0. The molecule has 0 aromatic heterocycles. The number of rotatable bonds is 1. The molecule has 1 saturated heterocycles. The van der Waals surface area contributed by atoms with Gasteiger partial charge in [-0.05, 0) is 38.5 Å². The van der Waals surface area contributed by atoms with E-state index in [4.69, 9.17) is 0 Å². The van der Waals surface area contributed by atoms with E-state index < -0.39 is 0 Å². The molecular formula is C14H25N. The lowest BCUT2D eigenvalue weighted by atomic mass is 10.0. The van der Waals surface area contributed by atoms with Crippen LogP contribution in [0, 0.1) is 0 Å². The van der Waals surface area contributed by atoms with E-state index in [2.05, 4.69) is 11.0 Å². The second-order valence-corrected chi connectivity index (χ2v) is 5.05. The molecule has 2 rings (SSSR count). The molecule has 1 fully saturated rings. The second-order valence-electron chi connectivity index (χ2n) is 5.05. The summed E-state index contributed by atoms with van der Waals surface area (Å²) >= 11 is 0. The number of likely N-dealkylation sites (tertiary alicyclic amines) is 1. The van der Waals surface area contributed by atoms with E-state index in [1.54, 1.807) is 5.70 Å². The first-order valence-corrected chi connectivity index (χ1v) is 6.91. The Kier molecular flexibility index (Phi) is 4.56. The second kappa shape index (κ2) is 6.19. The molecule has 0 aromatic rings. The van der Waals surface area contributed by atoms with Crippen molar-refractivity contribution >= 4 is 0 Å². The van der Waals surface area contributed by atoms with Crippen LogP contribution in [0.3, 0.4) is 0 Å². The molecule has 1 aliphatic heterocycles. The first-order valence-electron chi connectivity index (χ1n) is 6.91. The van der Waals surface area contributed by atoms with Gasteiger partial charge in [0.25, 0.3) is 0 Å². The van der Waals surface area contributed by atoms with E-state index in [9.17, 15) is 0 Å². The molecule has 0 radical (unpaired) electrons. The zero-order valence-corrected chi connectivity index (χ0v) is 10.0. The summed E-state index contributed by atoms with van der Waals surface area (Å²) in [5.74, 6) is 0. The monoisotopic (exact) mass is 207 g/mol. The lowest BCUT2D eigenvalue weighted by Crippen LogP contribution is -2.24. The summed E-state index contributed by atoms with van der Waals surface area (Å²) in [4.78, 5) is 2.68. The topological polar surface area (TPSA) is 3.24 Å². The highest BCUT2D eigenvalue weighted by molar-refractivity contribution is 5.02. The Labute approximate surface area is 94.5 Å². The minimum Gasteiger partial charge on any atom is -0.375 e. The van der Waals surface area contributed by atoms with Crippen molar-refractivity contribution in [2.45, 2.75) is 64.2 Å². The Bertz CT molecular complexity index is 199. The van der Waals surface area contributed by atoms with Gasteiger partial charge in [-0.3, -0.25) is 0 Å². The summed E-state index contributed by atoms with van der Waals surface area (Å²) in [6.45, 7) is 2.65. The van der Waals surface area contributed by atoms with Gasteiger partial charge in [-0.25, -0.2) is 0 Å². The largest absolute Gasteiger partial charge is 0.375 e. The quantitative estimate of drug-likeness (QED) is 0.625. The van der Waals surface area contributed by atoms with Crippen molar-refractivity contribution in [2.24, 2.45) is 0 Å². The molecule has 0 saturated carbocycles. The highest BCUT2D eigenvalue weighted by Gasteiger charge is 2.12. The molecule has 0 spiro atoms. The molecule has 1 aliphatic carbocycles. The van der Waals surface area contributed by atoms with Gasteiger partial charge in [0.15, 0.2) is 0 Å². The van der Waals surface area contributed by atoms with E-state index in [0.717, 1.165) is 0 Å². The van der Waals surface area contributed by atoms with Gasteiger partial charge < -0.3 is 4.90 Å². The van der Waals surface area contributed by atoms with Gasteiger partial charge in [0, 0.05) is 18.8 Å². The van der Waals surface area contributed by atoms with Crippen LogP contribution in [0.2, 0.25) is 0 Å². The van der Waals surface area contributed by atoms with Crippen LogP contribution in [0.4, 0.5) is 0 Å². The minimum atomic E-state index is 1.33. The smallest absolute Gasteiger partial charge is 0.0174 e. The molecule has 2 aliphatic rings. The van der Waals surface area contributed by atoms with Gasteiger partial charge in [-0.1, -0.05) is 31.8 Å². The third-order valence-corrected chi connectivity index (χ3v) is 3.78. The maximum atomic E-state index is 2.68. The molecule has 1 nitrogen and oxygen atoms in total. The molecule has 86 valence electrons. The van der Waals surface area contributed by atoms with Gasteiger partial charge in [0.2, 0.25) is 0 Å².